The van der Waals surface area contributed by atoms with Crippen LogP contribution in [0.2, 0.25) is 10.0 Å². The lowest BCUT2D eigenvalue weighted by molar-refractivity contribution is -0.122. The Labute approximate surface area is 132 Å². The van der Waals surface area contributed by atoms with Crippen LogP contribution in [0.1, 0.15) is 29.4 Å². The fourth-order valence-corrected chi connectivity index (χ4v) is 3.00. The van der Waals surface area contributed by atoms with E-state index in [4.69, 9.17) is 27.7 Å². The van der Waals surface area contributed by atoms with Crippen LogP contribution in [0.5, 0.6) is 0 Å². The van der Waals surface area contributed by atoms with Gasteiger partial charge in [-0.3, -0.25) is 4.79 Å². The second kappa shape index (κ2) is 5.70. The maximum Gasteiger partial charge on any atom is 0.224 e. The molecule has 1 amide bonds. The van der Waals surface area contributed by atoms with Crippen LogP contribution in [0, 0.1) is 12.8 Å². The predicted octanol–water partition coefficient (Wildman–Crippen LogP) is 3.71. The maximum absolute atomic E-state index is 12.1. The summed E-state index contributed by atoms with van der Waals surface area (Å²) in [6.07, 6.45) is 0.820. The molecular weight excluding hydrogens is 311 g/mol. The van der Waals surface area contributed by atoms with Crippen LogP contribution < -0.4 is 5.32 Å². The molecule has 1 saturated carbocycles. The van der Waals surface area contributed by atoms with Crippen molar-refractivity contribution in [2.24, 2.45) is 5.92 Å². The van der Waals surface area contributed by atoms with Gasteiger partial charge in [0, 0.05) is 22.0 Å². The molecule has 0 aliphatic heterocycles. The van der Waals surface area contributed by atoms with Crippen molar-refractivity contribution in [3.63, 3.8) is 0 Å². The molecule has 110 valence electrons. The first-order valence-corrected chi connectivity index (χ1v) is 7.44. The van der Waals surface area contributed by atoms with Crippen LogP contribution in [0.4, 0.5) is 0 Å². The number of hydrogen-bond donors (Lipinski definition) is 1. The lowest BCUT2D eigenvalue weighted by Crippen LogP contribution is -2.25. The van der Waals surface area contributed by atoms with Crippen LogP contribution in [0.25, 0.3) is 0 Å². The largest absolute Gasteiger partial charge is 0.361 e. The number of nitrogens with zero attached hydrogens (tertiary/aromatic N) is 1. The molecule has 1 fully saturated rings. The number of carbonyl (C=O) groups is 1. The number of carbonyl (C=O) groups excluding carboxylic acids is 1. The third-order valence-electron chi connectivity index (χ3n) is 3.56. The van der Waals surface area contributed by atoms with Gasteiger partial charge in [0.25, 0.3) is 0 Å². The summed E-state index contributed by atoms with van der Waals surface area (Å²) in [5.41, 5.74) is 1.74. The topological polar surface area (TPSA) is 55.1 Å². The molecule has 1 aliphatic rings. The average molecular weight is 325 g/mol. The van der Waals surface area contributed by atoms with Gasteiger partial charge in [0.1, 0.15) is 11.5 Å². The van der Waals surface area contributed by atoms with Crippen molar-refractivity contribution in [2.75, 3.05) is 0 Å². The number of aryl methyl sites for hydroxylation is 1. The summed E-state index contributed by atoms with van der Waals surface area (Å²) in [5.74, 6) is 0.932. The average Bonchev–Trinajstić information content (AvgIpc) is 3.12. The minimum Gasteiger partial charge on any atom is -0.361 e. The van der Waals surface area contributed by atoms with Crippen LogP contribution in [-0.2, 0) is 11.3 Å². The molecule has 0 bridgehead atoms. The molecule has 0 spiro atoms. The first-order valence-electron chi connectivity index (χ1n) is 6.69. The number of benzene rings is 1. The SMILES string of the molecule is Cc1cc(CNC(=O)[C@H]2C[C@@H]2c2cc(Cl)cc(Cl)c2)no1. The molecule has 1 heterocycles. The summed E-state index contributed by atoms with van der Waals surface area (Å²) in [6, 6.07) is 7.23. The zero-order chi connectivity index (χ0) is 15.0. The molecule has 0 saturated heterocycles. The molecule has 21 heavy (non-hydrogen) atoms. The summed E-state index contributed by atoms with van der Waals surface area (Å²) in [4.78, 5) is 12.1. The first kappa shape index (κ1) is 14.4. The van der Waals surface area contributed by atoms with Crippen molar-refractivity contribution >= 4 is 29.1 Å². The molecule has 1 aliphatic carbocycles. The van der Waals surface area contributed by atoms with Gasteiger partial charge >= 0.3 is 0 Å². The Morgan fingerprint density at radius 1 is 1.33 bits per heavy atom. The van der Waals surface area contributed by atoms with Gasteiger partial charge in [-0.2, -0.15) is 0 Å². The van der Waals surface area contributed by atoms with Crippen molar-refractivity contribution in [2.45, 2.75) is 25.8 Å². The standard InChI is InChI=1S/C15H14Cl2N2O2/c1-8-2-12(19-21-8)7-18-15(20)14-6-13(14)9-3-10(16)5-11(17)4-9/h2-5,13-14H,6-7H2,1H3,(H,18,20)/t13-,14+/m1/s1. The van der Waals surface area contributed by atoms with Crippen molar-refractivity contribution < 1.29 is 9.32 Å². The summed E-state index contributed by atoms with van der Waals surface area (Å²) < 4.78 is 4.96. The van der Waals surface area contributed by atoms with Crippen molar-refractivity contribution in [1.29, 1.82) is 0 Å². The van der Waals surface area contributed by atoms with E-state index in [-0.39, 0.29) is 17.7 Å². The van der Waals surface area contributed by atoms with Crippen molar-refractivity contribution in [3.8, 4) is 0 Å². The second-order valence-electron chi connectivity index (χ2n) is 5.30. The zero-order valence-corrected chi connectivity index (χ0v) is 12.9. The van der Waals surface area contributed by atoms with E-state index in [9.17, 15) is 4.79 Å². The lowest BCUT2D eigenvalue weighted by Gasteiger charge is -2.04. The van der Waals surface area contributed by atoms with E-state index in [1.807, 2.05) is 19.1 Å². The summed E-state index contributed by atoms with van der Waals surface area (Å²) in [5, 5.41) is 7.92. The zero-order valence-electron chi connectivity index (χ0n) is 11.4. The Hall–Kier alpha value is -1.52. The van der Waals surface area contributed by atoms with Crippen LogP contribution in [-0.4, -0.2) is 11.1 Å². The number of rotatable bonds is 4. The highest BCUT2D eigenvalue weighted by Gasteiger charge is 2.44. The first-order chi connectivity index (χ1) is 10.0. The Morgan fingerprint density at radius 2 is 2.05 bits per heavy atom. The summed E-state index contributed by atoms with van der Waals surface area (Å²) in [7, 11) is 0. The minimum atomic E-state index is -0.0208. The molecule has 2 atom stereocenters. The Balaban J connectivity index is 1.58. The highest BCUT2D eigenvalue weighted by Crippen LogP contribution is 2.48. The number of amides is 1. The molecule has 1 aromatic heterocycles. The quantitative estimate of drug-likeness (QED) is 0.932. The van der Waals surface area contributed by atoms with E-state index < -0.39 is 0 Å². The normalized spacial score (nSPS) is 20.3. The van der Waals surface area contributed by atoms with Gasteiger partial charge in [0.15, 0.2) is 0 Å². The molecule has 3 rings (SSSR count). The Bertz CT molecular complexity index is 664. The summed E-state index contributed by atoms with van der Waals surface area (Å²) >= 11 is 12.0. The van der Waals surface area contributed by atoms with Crippen molar-refractivity contribution in [1.82, 2.24) is 10.5 Å². The van der Waals surface area contributed by atoms with Gasteiger partial charge in [-0.05, 0) is 43.0 Å². The molecular formula is C15H14Cl2N2O2. The molecule has 0 unspecified atom stereocenters. The van der Waals surface area contributed by atoms with Gasteiger partial charge in [-0.25, -0.2) is 0 Å². The van der Waals surface area contributed by atoms with E-state index >= 15 is 0 Å². The molecule has 0 radical (unpaired) electrons. The van der Waals surface area contributed by atoms with E-state index in [2.05, 4.69) is 10.5 Å². The van der Waals surface area contributed by atoms with Crippen LogP contribution in [0.3, 0.4) is 0 Å². The number of halogens is 2. The number of aromatic nitrogens is 1. The molecule has 4 nitrogen and oxygen atoms in total. The third kappa shape index (κ3) is 3.39. The maximum atomic E-state index is 12.1. The van der Waals surface area contributed by atoms with E-state index in [1.54, 1.807) is 12.1 Å². The minimum absolute atomic E-state index is 0.0208. The molecule has 1 aromatic carbocycles. The predicted molar refractivity (Wildman–Crippen MR) is 80.4 cm³/mol. The highest BCUT2D eigenvalue weighted by molar-refractivity contribution is 6.34. The summed E-state index contributed by atoms with van der Waals surface area (Å²) in [6.45, 7) is 2.20. The van der Waals surface area contributed by atoms with Crippen LogP contribution >= 0.6 is 23.2 Å². The lowest BCUT2D eigenvalue weighted by atomic mass is 10.1. The highest BCUT2D eigenvalue weighted by atomic mass is 35.5. The van der Waals surface area contributed by atoms with Gasteiger partial charge in [-0.15, -0.1) is 0 Å². The van der Waals surface area contributed by atoms with Crippen LogP contribution in [0.15, 0.2) is 28.8 Å². The number of nitrogens with one attached hydrogen (secondary N) is 1. The second-order valence-corrected chi connectivity index (χ2v) is 6.17. The Kier molecular flexibility index (Phi) is 3.91. The third-order valence-corrected chi connectivity index (χ3v) is 4.00. The van der Waals surface area contributed by atoms with E-state index in [1.165, 1.54) is 0 Å². The van der Waals surface area contributed by atoms with Gasteiger partial charge in [0.2, 0.25) is 5.91 Å². The Morgan fingerprint density at radius 3 is 2.67 bits per heavy atom. The monoisotopic (exact) mass is 324 g/mol. The van der Waals surface area contributed by atoms with Gasteiger partial charge < -0.3 is 9.84 Å². The molecule has 6 heteroatoms. The number of hydrogen-bond acceptors (Lipinski definition) is 3. The molecule has 1 N–H and O–H groups in total. The van der Waals surface area contributed by atoms with E-state index in [0.29, 0.717) is 16.6 Å². The van der Waals surface area contributed by atoms with E-state index in [0.717, 1.165) is 23.4 Å². The fourth-order valence-electron chi connectivity index (χ4n) is 2.45. The van der Waals surface area contributed by atoms with Gasteiger partial charge in [-0.1, -0.05) is 28.4 Å². The fraction of sp³-hybridized carbons (Fsp3) is 0.333. The molecule has 2 aromatic rings. The van der Waals surface area contributed by atoms with Gasteiger partial charge in [0.05, 0.1) is 6.54 Å². The van der Waals surface area contributed by atoms with Crippen molar-refractivity contribution in [3.05, 3.63) is 51.3 Å². The smallest absolute Gasteiger partial charge is 0.224 e.